The van der Waals surface area contributed by atoms with Crippen molar-refractivity contribution < 1.29 is 28.5 Å². The number of nitrogens with one attached hydrogen (secondary N) is 3. The molecule has 0 aliphatic carbocycles. The first-order valence-corrected chi connectivity index (χ1v) is 13.6. The minimum Gasteiger partial charge on any atom is -0.348 e. The number of aromatic amines is 1. The Morgan fingerprint density at radius 1 is 1.02 bits per heavy atom. The van der Waals surface area contributed by atoms with Crippen LogP contribution in [0.5, 0.6) is 0 Å². The lowest BCUT2D eigenvalue weighted by molar-refractivity contribution is -0.324. The molecule has 3 saturated heterocycles. The summed E-state index contributed by atoms with van der Waals surface area (Å²) < 4.78 is 30.3. The van der Waals surface area contributed by atoms with E-state index < -0.39 is 41.6 Å². The Balaban J connectivity index is 1.28. The molecule has 12 heteroatoms. The number of nitrogens with zero attached hydrogens (tertiary/aromatic N) is 1. The van der Waals surface area contributed by atoms with Crippen LogP contribution in [0.1, 0.15) is 33.3 Å². The molecule has 41 heavy (non-hydrogen) atoms. The fraction of sp³-hybridized carbons (Fsp3) is 0.414. The molecule has 0 spiro atoms. The fourth-order valence-corrected chi connectivity index (χ4v) is 5.46. The molecule has 6 rings (SSSR count). The number of amides is 1. The quantitative estimate of drug-likeness (QED) is 0.398. The van der Waals surface area contributed by atoms with E-state index in [2.05, 4.69) is 20.6 Å². The van der Waals surface area contributed by atoms with E-state index in [-0.39, 0.29) is 18.1 Å². The number of hydrogen-bond donors (Lipinski definition) is 3. The highest BCUT2D eigenvalue weighted by atomic mass is 35.5. The third kappa shape index (κ3) is 5.25. The number of fused-ring (bicyclic) bond motifs is 3. The van der Waals surface area contributed by atoms with E-state index >= 15 is 0 Å². The summed E-state index contributed by atoms with van der Waals surface area (Å²) in [6, 6.07) is 14.1. The monoisotopic (exact) mass is 582 g/mol. The molecule has 0 saturated carbocycles. The van der Waals surface area contributed by atoms with Gasteiger partial charge < -0.3 is 34.3 Å². The number of H-pyrrole nitrogens is 1. The van der Waals surface area contributed by atoms with E-state index in [1.807, 2.05) is 6.07 Å². The van der Waals surface area contributed by atoms with Crippen molar-refractivity contribution in [3.05, 3.63) is 69.5 Å². The minimum absolute atomic E-state index is 0.228. The molecule has 3 aromatic rings. The Hall–Kier alpha value is -3.32. The summed E-state index contributed by atoms with van der Waals surface area (Å²) >= 11 is 5.98. The molecule has 216 valence electrons. The van der Waals surface area contributed by atoms with Gasteiger partial charge in [-0.3, -0.25) is 14.6 Å². The van der Waals surface area contributed by atoms with E-state index in [0.29, 0.717) is 33.2 Å². The van der Waals surface area contributed by atoms with E-state index in [1.165, 1.54) is 0 Å². The summed E-state index contributed by atoms with van der Waals surface area (Å²) in [5.41, 5.74) is 2.37. The lowest BCUT2D eigenvalue weighted by atomic mass is 10.0. The highest BCUT2D eigenvalue weighted by molar-refractivity contribution is 6.30. The second-order valence-corrected chi connectivity index (χ2v) is 11.6. The SMILES string of the molecule is Cc1c(-c2cccc(NC(=O)[C@@]34O[C@H]5COC(C)(C)O[C@H]5C3OC(C)(C)O4)c2)nc(Nc2ccc(Cl)cc2)[nH]c1=O. The largest absolute Gasteiger partial charge is 0.348 e. The van der Waals surface area contributed by atoms with Gasteiger partial charge >= 0.3 is 0 Å². The van der Waals surface area contributed by atoms with Gasteiger partial charge in [-0.1, -0.05) is 23.7 Å². The van der Waals surface area contributed by atoms with Crippen LogP contribution < -0.4 is 16.2 Å². The smallest absolute Gasteiger partial charge is 0.287 e. The van der Waals surface area contributed by atoms with Crippen LogP contribution in [0.25, 0.3) is 11.3 Å². The van der Waals surface area contributed by atoms with Gasteiger partial charge in [-0.25, -0.2) is 4.98 Å². The molecule has 4 atom stereocenters. The summed E-state index contributed by atoms with van der Waals surface area (Å²) in [6.45, 7) is 8.96. The van der Waals surface area contributed by atoms with E-state index in [1.54, 1.807) is 77.1 Å². The predicted octanol–water partition coefficient (Wildman–Crippen LogP) is 4.48. The van der Waals surface area contributed by atoms with E-state index in [0.717, 1.165) is 0 Å². The van der Waals surface area contributed by atoms with Crippen LogP contribution in [0.4, 0.5) is 17.3 Å². The van der Waals surface area contributed by atoms with Gasteiger partial charge in [0.25, 0.3) is 17.3 Å². The number of benzene rings is 2. The predicted molar refractivity (Wildman–Crippen MR) is 151 cm³/mol. The van der Waals surface area contributed by atoms with Gasteiger partial charge in [-0.05, 0) is 71.0 Å². The summed E-state index contributed by atoms with van der Waals surface area (Å²) in [6.07, 6.45) is -1.92. The second-order valence-electron chi connectivity index (χ2n) is 11.2. The average molecular weight is 583 g/mol. The van der Waals surface area contributed by atoms with Crippen molar-refractivity contribution in [2.75, 3.05) is 17.2 Å². The first-order chi connectivity index (χ1) is 19.3. The zero-order valence-corrected chi connectivity index (χ0v) is 24.0. The van der Waals surface area contributed by atoms with Crippen molar-refractivity contribution in [3.63, 3.8) is 0 Å². The van der Waals surface area contributed by atoms with Crippen LogP contribution in [0.3, 0.4) is 0 Å². The molecule has 0 bridgehead atoms. The molecule has 2 aromatic carbocycles. The van der Waals surface area contributed by atoms with Gasteiger partial charge in [-0.15, -0.1) is 0 Å². The highest BCUT2D eigenvalue weighted by Crippen LogP contribution is 2.49. The van der Waals surface area contributed by atoms with Crippen LogP contribution in [0.15, 0.2) is 53.3 Å². The summed E-state index contributed by atoms with van der Waals surface area (Å²) in [7, 11) is 0. The molecule has 1 aromatic heterocycles. The van der Waals surface area contributed by atoms with Crippen LogP contribution >= 0.6 is 11.6 Å². The molecule has 11 nitrogen and oxygen atoms in total. The standard InChI is InChI=1S/C29H31ClN4O7/c1-15-21(33-26(34-24(15)35)32-18-11-9-17(30)10-12-18)16-7-6-8-19(13-16)31-25(36)29-23(40-28(4,5)41-29)22-20(38-29)14-37-27(2,3)39-22/h6-13,20,22-23H,14H2,1-5H3,(H,31,36)(H2,32,33,34,35)/t20-,22+,23?,29+/m0/s1. The normalized spacial score (nSPS) is 27.6. The first-order valence-electron chi connectivity index (χ1n) is 13.3. The Bertz CT molecular complexity index is 1560. The molecule has 3 fully saturated rings. The van der Waals surface area contributed by atoms with Gasteiger partial charge in [0.2, 0.25) is 5.95 Å². The number of rotatable bonds is 5. The van der Waals surface area contributed by atoms with Gasteiger partial charge in [0.05, 0.1) is 12.3 Å². The Morgan fingerprint density at radius 3 is 2.54 bits per heavy atom. The fourth-order valence-electron chi connectivity index (χ4n) is 5.34. The molecular formula is C29H31ClN4O7. The van der Waals surface area contributed by atoms with Crippen molar-refractivity contribution >= 4 is 34.8 Å². The molecular weight excluding hydrogens is 552 g/mol. The number of aromatic nitrogens is 2. The third-order valence-electron chi connectivity index (χ3n) is 7.16. The Morgan fingerprint density at radius 2 is 1.78 bits per heavy atom. The van der Waals surface area contributed by atoms with Crippen molar-refractivity contribution in [3.8, 4) is 11.3 Å². The summed E-state index contributed by atoms with van der Waals surface area (Å²) in [5, 5.41) is 6.60. The molecule has 3 aliphatic rings. The summed E-state index contributed by atoms with van der Waals surface area (Å²) in [5.74, 6) is -3.96. The van der Waals surface area contributed by atoms with Crippen LogP contribution in [0.2, 0.25) is 5.02 Å². The molecule has 4 heterocycles. The number of carbonyl (C=O) groups is 1. The first kappa shape index (κ1) is 27.8. The molecule has 0 radical (unpaired) electrons. The van der Waals surface area contributed by atoms with E-state index in [4.69, 9.17) is 35.3 Å². The second kappa shape index (κ2) is 9.90. The third-order valence-corrected chi connectivity index (χ3v) is 7.41. The number of hydrogen-bond acceptors (Lipinski definition) is 9. The van der Waals surface area contributed by atoms with Crippen molar-refractivity contribution in [2.24, 2.45) is 0 Å². The molecule has 1 amide bonds. The van der Waals surface area contributed by atoms with Gasteiger partial charge in [0.15, 0.2) is 17.7 Å². The minimum atomic E-state index is -1.74. The van der Waals surface area contributed by atoms with Gasteiger partial charge in [0, 0.05) is 27.5 Å². The average Bonchev–Trinajstić information content (AvgIpc) is 3.35. The molecule has 3 aliphatic heterocycles. The highest BCUT2D eigenvalue weighted by Gasteiger charge is 2.71. The maximum absolute atomic E-state index is 13.8. The number of halogens is 1. The number of carbonyl (C=O) groups excluding carboxylic acids is 1. The maximum Gasteiger partial charge on any atom is 0.287 e. The van der Waals surface area contributed by atoms with Crippen molar-refractivity contribution in [1.82, 2.24) is 9.97 Å². The van der Waals surface area contributed by atoms with Crippen LogP contribution in [-0.4, -0.2) is 58.2 Å². The lowest BCUT2D eigenvalue weighted by Gasteiger charge is -2.38. The van der Waals surface area contributed by atoms with Gasteiger partial charge in [0.1, 0.15) is 12.2 Å². The van der Waals surface area contributed by atoms with Crippen LogP contribution in [0, 0.1) is 6.92 Å². The maximum atomic E-state index is 13.8. The van der Waals surface area contributed by atoms with Gasteiger partial charge in [-0.2, -0.15) is 0 Å². The molecule has 3 N–H and O–H groups in total. The lowest BCUT2D eigenvalue weighted by Crippen LogP contribution is -2.53. The molecule has 1 unspecified atom stereocenters. The number of ether oxygens (including phenoxy) is 5. The van der Waals surface area contributed by atoms with E-state index in [9.17, 15) is 9.59 Å². The Labute approximate surface area is 241 Å². The number of anilines is 3. The Kier molecular flexibility index (Phi) is 6.72. The van der Waals surface area contributed by atoms with Crippen molar-refractivity contribution in [1.29, 1.82) is 0 Å². The zero-order chi connectivity index (χ0) is 29.2. The van der Waals surface area contributed by atoms with Crippen molar-refractivity contribution in [2.45, 2.75) is 70.3 Å². The summed E-state index contributed by atoms with van der Waals surface area (Å²) in [4.78, 5) is 34.0. The van der Waals surface area contributed by atoms with Crippen LogP contribution in [-0.2, 0) is 28.5 Å². The zero-order valence-electron chi connectivity index (χ0n) is 23.2. The topological polar surface area (TPSA) is 133 Å².